The Morgan fingerprint density at radius 1 is 1.33 bits per heavy atom. The number of thioether (sulfide) groups is 1. The topological polar surface area (TPSA) is 66.5 Å². The largest absolute Gasteiger partial charge is 0.355 e. The Balaban J connectivity index is 1.66. The average Bonchev–Trinajstić information content (AvgIpc) is 2.55. The summed E-state index contributed by atoms with van der Waals surface area (Å²) in [7, 11) is -3.21. The second-order valence-corrected chi connectivity index (χ2v) is 9.38. The first kappa shape index (κ1) is 19.3. The maximum Gasteiger partial charge on any atom is 0.224 e. The van der Waals surface area contributed by atoms with Crippen molar-refractivity contribution in [3.8, 4) is 0 Å². The molecule has 7 heteroatoms. The van der Waals surface area contributed by atoms with Gasteiger partial charge in [-0.25, -0.2) is 12.7 Å². The van der Waals surface area contributed by atoms with Gasteiger partial charge in [-0.3, -0.25) is 4.79 Å². The molecule has 0 unspecified atom stereocenters. The number of nitrogens with zero attached hydrogens (tertiary/aromatic N) is 1. The van der Waals surface area contributed by atoms with E-state index >= 15 is 0 Å². The van der Waals surface area contributed by atoms with Crippen LogP contribution in [0.25, 0.3) is 0 Å². The second kappa shape index (κ2) is 8.87. The maximum absolute atomic E-state index is 12.2. The average molecular weight is 371 g/mol. The Bertz CT molecular complexity index is 644. The van der Waals surface area contributed by atoms with Crippen molar-refractivity contribution in [1.29, 1.82) is 0 Å². The van der Waals surface area contributed by atoms with Crippen LogP contribution in [-0.4, -0.2) is 50.3 Å². The van der Waals surface area contributed by atoms with E-state index in [0.29, 0.717) is 19.6 Å². The van der Waals surface area contributed by atoms with E-state index in [1.807, 2.05) is 0 Å². The molecule has 0 spiro atoms. The molecule has 0 bridgehead atoms. The standard InChI is InChI=1S/C17H26N2O3S2/c1-14-5-7-15(8-6-14)13-23-11-9-18-17(20)16-4-3-10-19(12-16)24(2,21)22/h5-8,16H,3-4,9-13H2,1-2H3,(H,18,20)/t16-/m0/s1. The lowest BCUT2D eigenvalue weighted by Crippen LogP contribution is -2.45. The minimum atomic E-state index is -3.21. The molecule has 1 heterocycles. The van der Waals surface area contributed by atoms with Crippen molar-refractivity contribution in [2.24, 2.45) is 5.92 Å². The molecule has 1 N–H and O–H groups in total. The minimum Gasteiger partial charge on any atom is -0.355 e. The molecule has 1 amide bonds. The van der Waals surface area contributed by atoms with Crippen molar-refractivity contribution in [2.45, 2.75) is 25.5 Å². The van der Waals surface area contributed by atoms with Crippen molar-refractivity contribution in [3.63, 3.8) is 0 Å². The number of nitrogens with one attached hydrogen (secondary N) is 1. The zero-order chi connectivity index (χ0) is 17.6. The zero-order valence-electron chi connectivity index (χ0n) is 14.3. The van der Waals surface area contributed by atoms with Crippen molar-refractivity contribution in [1.82, 2.24) is 9.62 Å². The van der Waals surface area contributed by atoms with Gasteiger partial charge in [0, 0.05) is 31.1 Å². The van der Waals surface area contributed by atoms with Gasteiger partial charge in [-0.2, -0.15) is 11.8 Å². The summed E-state index contributed by atoms with van der Waals surface area (Å²) in [6, 6.07) is 8.47. The first-order chi connectivity index (χ1) is 11.4. The Morgan fingerprint density at radius 2 is 2.04 bits per heavy atom. The summed E-state index contributed by atoms with van der Waals surface area (Å²) in [5.41, 5.74) is 2.54. The summed E-state index contributed by atoms with van der Waals surface area (Å²) in [5.74, 6) is 1.53. The lowest BCUT2D eigenvalue weighted by Gasteiger charge is -2.30. The molecule has 1 aliphatic heterocycles. The van der Waals surface area contributed by atoms with E-state index in [2.05, 4.69) is 36.5 Å². The smallest absolute Gasteiger partial charge is 0.224 e. The van der Waals surface area contributed by atoms with Gasteiger partial charge >= 0.3 is 0 Å². The number of carbonyl (C=O) groups excluding carboxylic acids is 1. The van der Waals surface area contributed by atoms with Gasteiger partial charge in [0.05, 0.1) is 12.2 Å². The van der Waals surface area contributed by atoms with Crippen LogP contribution in [0.2, 0.25) is 0 Å². The summed E-state index contributed by atoms with van der Waals surface area (Å²) in [6.07, 6.45) is 2.71. The van der Waals surface area contributed by atoms with Crippen molar-refractivity contribution >= 4 is 27.7 Å². The summed E-state index contributed by atoms with van der Waals surface area (Å²) < 4.78 is 24.6. The highest BCUT2D eigenvalue weighted by Gasteiger charge is 2.29. The van der Waals surface area contributed by atoms with Crippen LogP contribution < -0.4 is 5.32 Å². The van der Waals surface area contributed by atoms with Crippen LogP contribution in [0.3, 0.4) is 0 Å². The Labute approximate surface area is 149 Å². The molecule has 2 rings (SSSR count). The van der Waals surface area contributed by atoms with Gasteiger partial charge in [0.25, 0.3) is 0 Å². The third kappa shape index (κ3) is 6.11. The lowest BCUT2D eigenvalue weighted by atomic mass is 9.99. The monoisotopic (exact) mass is 370 g/mol. The third-order valence-electron chi connectivity index (χ3n) is 4.16. The first-order valence-corrected chi connectivity index (χ1v) is 11.2. The number of piperidine rings is 1. The van der Waals surface area contributed by atoms with Crippen LogP contribution in [0.5, 0.6) is 0 Å². The first-order valence-electron chi connectivity index (χ1n) is 8.22. The fourth-order valence-corrected chi connectivity index (χ4v) is 4.45. The third-order valence-corrected chi connectivity index (χ3v) is 6.46. The lowest BCUT2D eigenvalue weighted by molar-refractivity contribution is -0.125. The number of carbonyl (C=O) groups is 1. The number of benzene rings is 1. The molecule has 0 aromatic heterocycles. The van der Waals surface area contributed by atoms with E-state index in [1.54, 1.807) is 11.8 Å². The molecule has 1 aromatic rings. The highest BCUT2D eigenvalue weighted by Crippen LogP contribution is 2.19. The molecule has 0 saturated carbocycles. The fraction of sp³-hybridized carbons (Fsp3) is 0.588. The second-order valence-electron chi connectivity index (χ2n) is 6.29. The Hall–Kier alpha value is -1.05. The highest BCUT2D eigenvalue weighted by atomic mass is 32.2. The Kier molecular flexibility index (Phi) is 7.13. The van der Waals surface area contributed by atoms with Crippen molar-refractivity contribution in [2.75, 3.05) is 31.6 Å². The summed E-state index contributed by atoms with van der Waals surface area (Å²) >= 11 is 1.78. The minimum absolute atomic E-state index is 0.0284. The molecule has 1 aliphatic rings. The van der Waals surface area contributed by atoms with Crippen LogP contribution in [0, 0.1) is 12.8 Å². The predicted molar refractivity (Wildman–Crippen MR) is 99.5 cm³/mol. The van der Waals surface area contributed by atoms with E-state index in [-0.39, 0.29) is 11.8 Å². The van der Waals surface area contributed by atoms with Gasteiger partial charge < -0.3 is 5.32 Å². The van der Waals surface area contributed by atoms with Crippen LogP contribution in [0.15, 0.2) is 24.3 Å². The molecule has 1 saturated heterocycles. The molecule has 1 aromatic carbocycles. The molecule has 0 radical (unpaired) electrons. The van der Waals surface area contributed by atoms with Crippen LogP contribution in [0.4, 0.5) is 0 Å². The summed E-state index contributed by atoms with van der Waals surface area (Å²) in [5, 5.41) is 2.94. The summed E-state index contributed by atoms with van der Waals surface area (Å²) in [4.78, 5) is 12.2. The number of sulfonamides is 1. The van der Waals surface area contributed by atoms with Crippen LogP contribution in [0.1, 0.15) is 24.0 Å². The Morgan fingerprint density at radius 3 is 2.71 bits per heavy atom. The molecule has 24 heavy (non-hydrogen) atoms. The number of hydrogen-bond acceptors (Lipinski definition) is 4. The quantitative estimate of drug-likeness (QED) is 0.746. The number of aryl methyl sites for hydroxylation is 1. The van der Waals surface area contributed by atoms with E-state index in [4.69, 9.17) is 0 Å². The molecule has 0 aliphatic carbocycles. The fourth-order valence-electron chi connectivity index (χ4n) is 2.72. The van der Waals surface area contributed by atoms with Crippen LogP contribution >= 0.6 is 11.8 Å². The molecule has 1 fully saturated rings. The van der Waals surface area contributed by atoms with E-state index in [0.717, 1.165) is 24.3 Å². The van der Waals surface area contributed by atoms with Gasteiger partial charge in [0.1, 0.15) is 0 Å². The van der Waals surface area contributed by atoms with E-state index in [1.165, 1.54) is 21.7 Å². The molecule has 1 atom stereocenters. The molecular formula is C17H26N2O3S2. The molecular weight excluding hydrogens is 344 g/mol. The SMILES string of the molecule is Cc1ccc(CSCCNC(=O)[C@H]2CCCN(S(C)(=O)=O)C2)cc1. The van der Waals surface area contributed by atoms with Gasteiger partial charge in [-0.1, -0.05) is 29.8 Å². The van der Waals surface area contributed by atoms with Crippen LogP contribution in [-0.2, 0) is 20.6 Å². The molecule has 134 valence electrons. The zero-order valence-corrected chi connectivity index (χ0v) is 16.0. The number of amides is 1. The number of rotatable bonds is 7. The van der Waals surface area contributed by atoms with Gasteiger partial charge in [-0.15, -0.1) is 0 Å². The summed E-state index contributed by atoms with van der Waals surface area (Å²) in [6.45, 7) is 3.52. The van der Waals surface area contributed by atoms with E-state index < -0.39 is 10.0 Å². The number of hydrogen-bond donors (Lipinski definition) is 1. The van der Waals surface area contributed by atoms with Gasteiger partial charge in [-0.05, 0) is 25.3 Å². The normalized spacial score (nSPS) is 19.2. The molecule has 5 nitrogen and oxygen atoms in total. The van der Waals surface area contributed by atoms with E-state index in [9.17, 15) is 13.2 Å². The van der Waals surface area contributed by atoms with Gasteiger partial charge in [0.2, 0.25) is 15.9 Å². The van der Waals surface area contributed by atoms with Crippen molar-refractivity contribution < 1.29 is 13.2 Å². The maximum atomic E-state index is 12.2. The van der Waals surface area contributed by atoms with Crippen molar-refractivity contribution in [3.05, 3.63) is 35.4 Å². The highest BCUT2D eigenvalue weighted by molar-refractivity contribution is 7.98. The van der Waals surface area contributed by atoms with Gasteiger partial charge in [0.15, 0.2) is 0 Å². The predicted octanol–water partition coefficient (Wildman–Crippen LogP) is 2.02.